The highest BCUT2D eigenvalue weighted by Crippen LogP contribution is 2.34. The number of carbonyl (C=O) groups is 2. The Hall–Kier alpha value is -2.42. The smallest absolute Gasteiger partial charge is 0.227 e. The van der Waals surface area contributed by atoms with Crippen LogP contribution in [0.3, 0.4) is 0 Å². The number of aliphatic hydroxyl groups is 1. The van der Waals surface area contributed by atoms with E-state index in [4.69, 9.17) is 11.6 Å². The monoisotopic (exact) mass is 459 g/mol. The third-order valence-electron chi connectivity index (χ3n) is 6.03. The Labute approximate surface area is 193 Å². The average Bonchev–Trinajstić information content (AvgIpc) is 3.58. The molecule has 2 fully saturated rings. The molecule has 1 aliphatic carbocycles. The number of hydrogen-bond acceptors (Lipinski definition) is 6. The van der Waals surface area contributed by atoms with Crippen molar-refractivity contribution >= 4 is 40.6 Å². The Morgan fingerprint density at radius 2 is 2.16 bits per heavy atom. The zero-order chi connectivity index (χ0) is 22.7. The predicted octanol–water partition coefficient (Wildman–Crippen LogP) is 2.34. The molecule has 1 saturated carbocycles. The number of amidine groups is 1. The fraction of sp³-hybridized carbons (Fsp3) is 0.522. The van der Waals surface area contributed by atoms with Crippen LogP contribution in [0.1, 0.15) is 44.6 Å². The van der Waals surface area contributed by atoms with Crippen LogP contribution in [-0.2, 0) is 9.59 Å². The second kappa shape index (κ2) is 10.0. The van der Waals surface area contributed by atoms with E-state index in [1.807, 2.05) is 17.9 Å². The summed E-state index contributed by atoms with van der Waals surface area (Å²) >= 11 is 6.16. The molecule has 172 valence electrons. The quantitative estimate of drug-likeness (QED) is 0.446. The van der Waals surface area contributed by atoms with E-state index < -0.39 is 6.23 Å². The lowest BCUT2D eigenvalue weighted by molar-refractivity contribution is -0.123. The molecule has 1 saturated heterocycles. The number of nitrogens with zero attached hydrogens (tertiary/aromatic N) is 2. The van der Waals surface area contributed by atoms with Crippen molar-refractivity contribution in [2.24, 2.45) is 10.9 Å². The average molecular weight is 460 g/mol. The Bertz CT molecular complexity index is 944. The number of piperidine rings is 1. The molecule has 9 heteroatoms. The normalized spacial score (nSPS) is 23.3. The van der Waals surface area contributed by atoms with Crippen LogP contribution in [0.2, 0.25) is 5.02 Å². The van der Waals surface area contributed by atoms with Gasteiger partial charge in [-0.05, 0) is 56.9 Å². The van der Waals surface area contributed by atoms with Crippen LogP contribution in [0.5, 0.6) is 0 Å². The van der Waals surface area contributed by atoms with E-state index in [1.165, 1.54) is 0 Å². The van der Waals surface area contributed by atoms with Crippen molar-refractivity contribution in [3.63, 3.8) is 0 Å². The van der Waals surface area contributed by atoms with Crippen molar-refractivity contribution < 1.29 is 14.7 Å². The molecule has 2 aliphatic heterocycles. The Balaban J connectivity index is 1.37. The second-order valence-corrected chi connectivity index (χ2v) is 9.07. The summed E-state index contributed by atoms with van der Waals surface area (Å²) in [5.41, 5.74) is 1.94. The van der Waals surface area contributed by atoms with Gasteiger partial charge < -0.3 is 26.0 Å². The van der Waals surface area contributed by atoms with Crippen LogP contribution in [0.4, 0.5) is 5.69 Å². The molecule has 0 spiro atoms. The van der Waals surface area contributed by atoms with Crippen LogP contribution in [0.15, 0.2) is 29.3 Å². The molecule has 0 bridgehead atoms. The number of hydrogen-bond donors (Lipinski definition) is 4. The second-order valence-electron chi connectivity index (χ2n) is 8.63. The first kappa shape index (κ1) is 22.8. The van der Waals surface area contributed by atoms with Gasteiger partial charge in [0.05, 0.1) is 11.4 Å². The van der Waals surface area contributed by atoms with E-state index in [1.54, 1.807) is 18.2 Å². The van der Waals surface area contributed by atoms with E-state index in [2.05, 4.69) is 20.9 Å². The maximum atomic E-state index is 12.3. The third kappa shape index (κ3) is 5.68. The van der Waals surface area contributed by atoms with Gasteiger partial charge in [0.1, 0.15) is 12.1 Å². The van der Waals surface area contributed by atoms with Crippen molar-refractivity contribution in [3.05, 3.63) is 34.9 Å². The summed E-state index contributed by atoms with van der Waals surface area (Å²) in [7, 11) is 0. The van der Waals surface area contributed by atoms with Gasteiger partial charge in [-0.25, -0.2) is 4.99 Å². The molecule has 1 aromatic rings. The summed E-state index contributed by atoms with van der Waals surface area (Å²) in [4.78, 5) is 30.3. The van der Waals surface area contributed by atoms with Crippen LogP contribution < -0.4 is 16.0 Å². The molecule has 2 heterocycles. The molecular formula is C23H30ClN5O3. The molecule has 4 N–H and O–H groups in total. The highest BCUT2D eigenvalue weighted by Gasteiger charge is 2.30. The summed E-state index contributed by atoms with van der Waals surface area (Å²) in [6.45, 7) is 3.80. The fourth-order valence-corrected chi connectivity index (χ4v) is 4.25. The topological polar surface area (TPSA) is 106 Å². The molecular weight excluding hydrogens is 430 g/mol. The zero-order valence-electron chi connectivity index (χ0n) is 18.2. The highest BCUT2D eigenvalue weighted by molar-refractivity contribution is 6.31. The molecule has 32 heavy (non-hydrogen) atoms. The number of benzene rings is 1. The lowest BCUT2D eigenvalue weighted by Gasteiger charge is -2.32. The lowest BCUT2D eigenvalue weighted by atomic mass is 10.0. The van der Waals surface area contributed by atoms with E-state index in [9.17, 15) is 14.7 Å². The third-order valence-corrected chi connectivity index (χ3v) is 6.26. The first-order valence-electron chi connectivity index (χ1n) is 11.2. The van der Waals surface area contributed by atoms with Crippen LogP contribution in [0.25, 0.3) is 5.70 Å². The number of halogens is 1. The van der Waals surface area contributed by atoms with Gasteiger partial charge in [-0.1, -0.05) is 11.6 Å². The van der Waals surface area contributed by atoms with Crippen molar-refractivity contribution in [2.75, 3.05) is 25.0 Å². The fourth-order valence-electron chi connectivity index (χ4n) is 4.08. The number of nitrogens with one attached hydrogen (secondary N) is 3. The van der Waals surface area contributed by atoms with Gasteiger partial charge in [0.25, 0.3) is 0 Å². The maximum absolute atomic E-state index is 12.3. The number of amides is 2. The maximum Gasteiger partial charge on any atom is 0.227 e. The zero-order valence-corrected chi connectivity index (χ0v) is 19.0. The van der Waals surface area contributed by atoms with Crippen molar-refractivity contribution in [3.8, 4) is 0 Å². The predicted molar refractivity (Wildman–Crippen MR) is 125 cm³/mol. The van der Waals surface area contributed by atoms with Crippen LogP contribution in [0, 0.1) is 5.92 Å². The number of rotatable bonds is 8. The van der Waals surface area contributed by atoms with Gasteiger partial charge in [-0.15, -0.1) is 0 Å². The molecule has 4 rings (SSSR count). The van der Waals surface area contributed by atoms with Crippen molar-refractivity contribution in [1.82, 2.24) is 15.5 Å². The standard InChI is InChI=1S/C23H30ClN5O3/c1-14-26-20(18-8-7-16(24)11-19(18)28-23(32)15-5-6-15)12-22(31)29(14)10-9-25-13-17-3-2-4-21(30)27-17/h7-8,11-12,15,17,22,25,31H,2-6,9-10,13H2,1H3,(H,27,30)(H,28,32). The lowest BCUT2D eigenvalue weighted by Crippen LogP contribution is -2.48. The SMILES string of the molecule is CC1=NC(c2ccc(Cl)cc2NC(=O)C2CC2)=CC(O)N1CCNCC1CCCC(=O)N1. The number of anilines is 1. The van der Waals surface area contributed by atoms with Crippen LogP contribution >= 0.6 is 11.6 Å². The van der Waals surface area contributed by atoms with Gasteiger partial charge in [0.2, 0.25) is 11.8 Å². The molecule has 2 amide bonds. The molecule has 2 unspecified atom stereocenters. The number of aliphatic imine (C=N–C) groups is 1. The van der Waals surface area contributed by atoms with Gasteiger partial charge in [-0.3, -0.25) is 9.59 Å². The Morgan fingerprint density at radius 3 is 2.88 bits per heavy atom. The summed E-state index contributed by atoms with van der Waals surface area (Å²) in [6, 6.07) is 5.45. The van der Waals surface area contributed by atoms with Crippen molar-refractivity contribution in [1.29, 1.82) is 0 Å². The first-order valence-corrected chi connectivity index (χ1v) is 11.6. The summed E-state index contributed by atoms with van der Waals surface area (Å²) in [5.74, 6) is 0.873. The molecule has 0 aromatic heterocycles. The minimum atomic E-state index is -0.832. The van der Waals surface area contributed by atoms with Gasteiger partial charge in [-0.2, -0.15) is 0 Å². The number of carbonyl (C=O) groups excluding carboxylic acids is 2. The number of aliphatic hydroxyl groups excluding tert-OH is 1. The Kier molecular flexibility index (Phi) is 7.13. The van der Waals surface area contributed by atoms with Crippen LogP contribution in [-0.4, -0.2) is 59.6 Å². The minimum absolute atomic E-state index is 0.00645. The molecule has 3 aliphatic rings. The molecule has 8 nitrogen and oxygen atoms in total. The van der Waals surface area contributed by atoms with E-state index in [0.717, 1.165) is 31.2 Å². The first-order chi connectivity index (χ1) is 15.4. The molecule has 2 atom stereocenters. The largest absolute Gasteiger partial charge is 0.370 e. The van der Waals surface area contributed by atoms with Gasteiger partial charge in [0.15, 0.2) is 0 Å². The minimum Gasteiger partial charge on any atom is -0.370 e. The Morgan fingerprint density at radius 1 is 1.34 bits per heavy atom. The van der Waals surface area contributed by atoms with E-state index in [0.29, 0.717) is 48.3 Å². The van der Waals surface area contributed by atoms with E-state index in [-0.39, 0.29) is 23.8 Å². The van der Waals surface area contributed by atoms with E-state index >= 15 is 0 Å². The highest BCUT2D eigenvalue weighted by atomic mass is 35.5. The summed E-state index contributed by atoms with van der Waals surface area (Å²) in [5, 5.41) is 20.6. The molecule has 0 radical (unpaired) electrons. The van der Waals surface area contributed by atoms with Crippen molar-refractivity contribution in [2.45, 2.75) is 51.3 Å². The summed E-state index contributed by atoms with van der Waals surface area (Å²) < 4.78 is 0. The summed E-state index contributed by atoms with van der Waals surface area (Å²) in [6.07, 6.45) is 5.20. The van der Waals surface area contributed by atoms with Gasteiger partial charge in [0, 0.05) is 48.6 Å². The molecule has 1 aromatic carbocycles. The van der Waals surface area contributed by atoms with Gasteiger partial charge >= 0.3 is 0 Å².